The van der Waals surface area contributed by atoms with Gasteiger partial charge in [0.15, 0.2) is 0 Å². The summed E-state index contributed by atoms with van der Waals surface area (Å²) in [7, 11) is 0. The van der Waals surface area contributed by atoms with Gasteiger partial charge in [-0.3, -0.25) is 4.79 Å². The summed E-state index contributed by atoms with van der Waals surface area (Å²) in [6.45, 7) is 8.93. The second-order valence-electron chi connectivity index (χ2n) is 7.96. The van der Waals surface area contributed by atoms with Crippen LogP contribution in [0.1, 0.15) is 52.8 Å². The van der Waals surface area contributed by atoms with Crippen molar-refractivity contribution in [1.29, 1.82) is 0 Å². The van der Waals surface area contributed by atoms with E-state index in [9.17, 15) is 4.79 Å². The molecule has 0 spiro atoms. The summed E-state index contributed by atoms with van der Waals surface area (Å²) < 4.78 is 7.91. The van der Waals surface area contributed by atoms with E-state index in [0.717, 1.165) is 36.1 Å². The predicted molar refractivity (Wildman–Crippen MR) is 105 cm³/mol. The molecule has 1 unspecified atom stereocenters. The molecule has 0 amide bonds. The van der Waals surface area contributed by atoms with Crippen molar-refractivity contribution in [3.63, 3.8) is 0 Å². The highest BCUT2D eigenvalue weighted by molar-refractivity contribution is 6.31. The fraction of sp³-hybridized carbons (Fsp3) is 0.619. The van der Waals surface area contributed by atoms with Gasteiger partial charge in [0.05, 0.1) is 11.0 Å². The number of ether oxygens (including phenoxy) is 1. The van der Waals surface area contributed by atoms with E-state index in [2.05, 4.69) is 25.8 Å². The molecule has 1 aromatic carbocycles. The van der Waals surface area contributed by atoms with E-state index in [1.165, 1.54) is 6.42 Å². The first kappa shape index (κ1) is 19.2. The number of carbonyl (C=O) groups excluding carboxylic acids is 1. The summed E-state index contributed by atoms with van der Waals surface area (Å²) >= 11 is 6.15. The Morgan fingerprint density at radius 2 is 2.15 bits per heavy atom. The van der Waals surface area contributed by atoms with Crippen molar-refractivity contribution in [2.75, 3.05) is 0 Å². The molecule has 0 saturated heterocycles. The maximum Gasteiger partial charge on any atom is 0.326 e. The minimum atomic E-state index is -0.177. The molecule has 1 heterocycles. The number of carbonyl (C=O) groups is 1. The third-order valence-corrected chi connectivity index (χ3v) is 5.87. The first-order valence-electron chi connectivity index (χ1n) is 9.73. The quantitative estimate of drug-likeness (QED) is 0.669. The molecule has 1 aliphatic rings. The van der Waals surface area contributed by atoms with E-state index in [1.807, 2.05) is 29.7 Å². The maximum atomic E-state index is 12.7. The van der Waals surface area contributed by atoms with E-state index in [1.54, 1.807) is 0 Å². The third-order valence-electron chi connectivity index (χ3n) is 5.64. The Balaban J connectivity index is 1.79. The molecule has 26 heavy (non-hydrogen) atoms. The largest absolute Gasteiger partial charge is 0.461 e. The van der Waals surface area contributed by atoms with Gasteiger partial charge in [0.25, 0.3) is 0 Å². The zero-order chi connectivity index (χ0) is 18.8. The van der Waals surface area contributed by atoms with Crippen molar-refractivity contribution >= 4 is 28.6 Å². The highest BCUT2D eigenvalue weighted by Crippen LogP contribution is 2.35. The van der Waals surface area contributed by atoms with Gasteiger partial charge in [0.1, 0.15) is 18.5 Å². The topological polar surface area (TPSA) is 44.1 Å². The first-order valence-corrected chi connectivity index (χ1v) is 10.1. The highest BCUT2D eigenvalue weighted by atomic mass is 35.5. The van der Waals surface area contributed by atoms with Crippen LogP contribution in [0, 0.1) is 17.8 Å². The Labute approximate surface area is 160 Å². The number of hydrogen-bond donors (Lipinski definition) is 0. The van der Waals surface area contributed by atoms with Gasteiger partial charge in [0.2, 0.25) is 0 Å². The number of aromatic nitrogens is 2. The van der Waals surface area contributed by atoms with Crippen LogP contribution in [0.5, 0.6) is 0 Å². The highest BCUT2D eigenvalue weighted by Gasteiger charge is 2.33. The molecule has 1 saturated carbocycles. The van der Waals surface area contributed by atoms with Crippen LogP contribution in [-0.2, 0) is 22.5 Å². The molecule has 0 bridgehead atoms. The van der Waals surface area contributed by atoms with Crippen LogP contribution >= 0.6 is 11.6 Å². The van der Waals surface area contributed by atoms with Crippen molar-refractivity contribution in [2.24, 2.45) is 17.8 Å². The lowest BCUT2D eigenvalue weighted by Crippen LogP contribution is -2.36. The third kappa shape index (κ3) is 4.06. The van der Waals surface area contributed by atoms with Crippen molar-refractivity contribution in [1.82, 2.24) is 9.55 Å². The number of nitrogens with zero attached hydrogens (tertiary/aromatic N) is 2. The Bertz CT molecular complexity index is 784. The van der Waals surface area contributed by atoms with E-state index < -0.39 is 0 Å². The van der Waals surface area contributed by atoms with Gasteiger partial charge in [-0.2, -0.15) is 0 Å². The SMILES string of the molecule is CCc1nc2ccc(Cl)cc2n1CC(=O)O[C@@H]1C[C@H](C)CCC1C(C)C. The maximum absolute atomic E-state index is 12.7. The van der Waals surface area contributed by atoms with Crippen LogP contribution in [0.4, 0.5) is 0 Å². The Morgan fingerprint density at radius 3 is 2.85 bits per heavy atom. The summed E-state index contributed by atoms with van der Waals surface area (Å²) in [5.74, 6) is 2.30. The second-order valence-corrected chi connectivity index (χ2v) is 8.39. The Kier molecular flexibility index (Phi) is 5.91. The monoisotopic (exact) mass is 376 g/mol. The second kappa shape index (κ2) is 7.99. The minimum Gasteiger partial charge on any atom is -0.461 e. The number of halogens is 1. The van der Waals surface area contributed by atoms with Crippen molar-refractivity contribution < 1.29 is 9.53 Å². The molecule has 0 aliphatic heterocycles. The van der Waals surface area contributed by atoms with E-state index >= 15 is 0 Å². The van der Waals surface area contributed by atoms with E-state index in [-0.39, 0.29) is 18.6 Å². The summed E-state index contributed by atoms with van der Waals surface area (Å²) in [5.41, 5.74) is 1.76. The fourth-order valence-corrected chi connectivity index (χ4v) is 4.34. The van der Waals surface area contributed by atoms with Crippen LogP contribution < -0.4 is 0 Å². The van der Waals surface area contributed by atoms with Crippen LogP contribution in [0.15, 0.2) is 18.2 Å². The summed E-state index contributed by atoms with van der Waals surface area (Å²) in [6.07, 6.45) is 4.11. The number of rotatable bonds is 5. The lowest BCUT2D eigenvalue weighted by Gasteiger charge is -2.36. The summed E-state index contributed by atoms with van der Waals surface area (Å²) in [4.78, 5) is 17.4. The number of hydrogen-bond acceptors (Lipinski definition) is 3. The fourth-order valence-electron chi connectivity index (χ4n) is 4.18. The molecule has 2 aromatic rings. The molecule has 1 fully saturated rings. The van der Waals surface area contributed by atoms with Crippen molar-refractivity contribution in [2.45, 2.75) is 66.0 Å². The molecule has 1 aromatic heterocycles. The average Bonchev–Trinajstić information content (AvgIpc) is 2.91. The zero-order valence-corrected chi connectivity index (χ0v) is 16.9. The lowest BCUT2D eigenvalue weighted by atomic mass is 9.75. The van der Waals surface area contributed by atoms with Crippen LogP contribution in [-0.4, -0.2) is 21.6 Å². The minimum absolute atomic E-state index is 0.0229. The van der Waals surface area contributed by atoms with E-state index in [0.29, 0.717) is 22.8 Å². The standard InChI is InChI=1S/C21H29ClN2O2/c1-5-20-23-17-9-7-15(22)11-18(17)24(20)12-21(25)26-19-10-14(4)6-8-16(19)13(2)3/h7,9,11,13-14,16,19H,5-6,8,10,12H2,1-4H3/t14-,16?,19-/m1/s1. The smallest absolute Gasteiger partial charge is 0.326 e. The predicted octanol–water partition coefficient (Wildman–Crippen LogP) is 5.26. The van der Waals surface area contributed by atoms with Gasteiger partial charge in [-0.05, 0) is 48.8 Å². The van der Waals surface area contributed by atoms with Crippen molar-refractivity contribution in [3.8, 4) is 0 Å². The molecule has 0 radical (unpaired) electrons. The molecule has 0 N–H and O–H groups in total. The average molecular weight is 377 g/mol. The van der Waals surface area contributed by atoms with Gasteiger partial charge in [-0.25, -0.2) is 4.98 Å². The number of fused-ring (bicyclic) bond motifs is 1. The van der Waals surface area contributed by atoms with Gasteiger partial charge in [-0.15, -0.1) is 0 Å². The number of aryl methyl sites for hydroxylation is 1. The Morgan fingerprint density at radius 1 is 1.38 bits per heavy atom. The normalized spacial score (nSPS) is 23.5. The number of benzene rings is 1. The molecule has 3 atom stereocenters. The van der Waals surface area contributed by atoms with Gasteiger partial charge < -0.3 is 9.30 Å². The lowest BCUT2D eigenvalue weighted by molar-refractivity contribution is -0.156. The molecule has 4 nitrogen and oxygen atoms in total. The molecular weight excluding hydrogens is 348 g/mol. The van der Waals surface area contributed by atoms with Gasteiger partial charge in [0, 0.05) is 11.4 Å². The van der Waals surface area contributed by atoms with Crippen LogP contribution in [0.2, 0.25) is 5.02 Å². The molecule has 5 heteroatoms. The number of imidazole rings is 1. The summed E-state index contributed by atoms with van der Waals surface area (Å²) in [5, 5.41) is 0.649. The summed E-state index contributed by atoms with van der Waals surface area (Å²) in [6, 6.07) is 5.60. The van der Waals surface area contributed by atoms with Crippen LogP contribution in [0.3, 0.4) is 0 Å². The zero-order valence-electron chi connectivity index (χ0n) is 16.2. The molecule has 1 aliphatic carbocycles. The van der Waals surface area contributed by atoms with Crippen molar-refractivity contribution in [3.05, 3.63) is 29.0 Å². The number of esters is 1. The van der Waals surface area contributed by atoms with E-state index in [4.69, 9.17) is 16.3 Å². The first-order chi connectivity index (χ1) is 12.4. The van der Waals surface area contributed by atoms with Gasteiger partial charge >= 0.3 is 5.97 Å². The Hall–Kier alpha value is -1.55. The molecule has 142 valence electrons. The molecule has 3 rings (SSSR count). The van der Waals surface area contributed by atoms with Gasteiger partial charge in [-0.1, -0.05) is 45.7 Å². The molecular formula is C21H29ClN2O2. The van der Waals surface area contributed by atoms with Crippen LogP contribution in [0.25, 0.3) is 11.0 Å².